The lowest BCUT2D eigenvalue weighted by atomic mass is 9.94. The van der Waals surface area contributed by atoms with E-state index < -0.39 is 5.97 Å². The Morgan fingerprint density at radius 3 is 2.96 bits per heavy atom. The highest BCUT2D eigenvalue weighted by Gasteiger charge is 2.52. The molecule has 4 unspecified atom stereocenters. The lowest BCUT2D eigenvalue weighted by Crippen LogP contribution is -2.51. The van der Waals surface area contributed by atoms with Gasteiger partial charge in [-0.1, -0.05) is 6.92 Å². The molecule has 4 heterocycles. The van der Waals surface area contributed by atoms with Crippen molar-refractivity contribution in [2.45, 2.75) is 43.6 Å². The van der Waals surface area contributed by atoms with Gasteiger partial charge in [0.1, 0.15) is 11.5 Å². The highest BCUT2D eigenvalue weighted by atomic mass is 32.2. The lowest BCUT2D eigenvalue weighted by Gasteiger charge is -2.37. The number of thioether (sulfide) groups is 1. The topological polar surface area (TPSA) is 112 Å². The molecular formula is C18H21N3O5S. The fourth-order valence-corrected chi connectivity index (χ4v) is 5.39. The zero-order valence-corrected chi connectivity index (χ0v) is 15.6. The van der Waals surface area contributed by atoms with Gasteiger partial charge in [-0.3, -0.25) is 9.59 Å². The fraction of sp³-hybridized carbons (Fsp3) is 0.500. The highest BCUT2D eigenvalue weighted by molar-refractivity contribution is 8.03. The number of rotatable bonds is 6. The maximum Gasteiger partial charge on any atom is 0.353 e. The van der Waals surface area contributed by atoms with E-state index in [4.69, 9.17) is 4.42 Å². The van der Waals surface area contributed by atoms with Crippen molar-refractivity contribution in [2.24, 2.45) is 5.92 Å². The minimum atomic E-state index is -1.06. The smallest absolute Gasteiger partial charge is 0.353 e. The molecule has 4 rings (SSSR count). The van der Waals surface area contributed by atoms with E-state index in [9.17, 15) is 19.5 Å². The summed E-state index contributed by atoms with van der Waals surface area (Å²) in [5.41, 5.74) is 0.125. The zero-order chi connectivity index (χ0) is 19.1. The van der Waals surface area contributed by atoms with Crippen molar-refractivity contribution in [3.63, 3.8) is 0 Å². The quantitative estimate of drug-likeness (QED) is 0.618. The van der Waals surface area contributed by atoms with Crippen LogP contribution in [0.3, 0.4) is 0 Å². The highest BCUT2D eigenvalue weighted by Crippen LogP contribution is 2.48. The van der Waals surface area contributed by atoms with Crippen LogP contribution in [-0.2, 0) is 20.9 Å². The molecule has 2 fully saturated rings. The molecule has 4 atom stereocenters. The predicted octanol–water partition coefficient (Wildman–Crippen LogP) is 0.906. The molecule has 0 bridgehead atoms. The third kappa shape index (κ3) is 3.25. The number of hydrogen-bond acceptors (Lipinski definition) is 6. The van der Waals surface area contributed by atoms with Crippen LogP contribution in [0.4, 0.5) is 0 Å². The summed E-state index contributed by atoms with van der Waals surface area (Å²) < 4.78 is 5.20. The molecule has 2 saturated heterocycles. The number of carbonyl (C=O) groups excluding carboxylic acids is 2. The Morgan fingerprint density at radius 1 is 1.48 bits per heavy atom. The van der Waals surface area contributed by atoms with Crippen molar-refractivity contribution < 1.29 is 23.9 Å². The average Bonchev–Trinajstić information content (AvgIpc) is 3.34. The minimum absolute atomic E-state index is 0.0191. The van der Waals surface area contributed by atoms with Gasteiger partial charge in [-0.25, -0.2) is 4.79 Å². The number of carbonyl (C=O) groups is 3. The van der Waals surface area contributed by atoms with E-state index in [0.29, 0.717) is 31.7 Å². The molecule has 1 aromatic heterocycles. The van der Waals surface area contributed by atoms with E-state index in [1.807, 2.05) is 6.92 Å². The summed E-state index contributed by atoms with van der Waals surface area (Å²) in [4.78, 5) is 38.0. The van der Waals surface area contributed by atoms with Crippen molar-refractivity contribution in [3.05, 3.63) is 34.8 Å². The van der Waals surface area contributed by atoms with Gasteiger partial charge < -0.3 is 25.1 Å². The van der Waals surface area contributed by atoms with Gasteiger partial charge in [0.2, 0.25) is 11.8 Å². The van der Waals surface area contributed by atoms with Crippen molar-refractivity contribution in [3.8, 4) is 0 Å². The molecule has 3 N–H and O–H groups in total. The van der Waals surface area contributed by atoms with E-state index in [-0.39, 0.29) is 40.8 Å². The van der Waals surface area contributed by atoms with E-state index in [1.54, 1.807) is 18.4 Å². The first-order valence-electron chi connectivity index (χ1n) is 8.95. The van der Waals surface area contributed by atoms with Crippen molar-refractivity contribution in [1.82, 2.24) is 15.5 Å². The summed E-state index contributed by atoms with van der Waals surface area (Å²) in [7, 11) is 0. The molecule has 0 spiro atoms. The molecule has 0 radical (unpaired) electrons. The molecule has 2 amide bonds. The number of fused-ring (bicyclic) bond motifs is 1. The van der Waals surface area contributed by atoms with Crippen LogP contribution in [0.15, 0.2) is 33.4 Å². The van der Waals surface area contributed by atoms with Crippen LogP contribution in [0.2, 0.25) is 0 Å². The number of aliphatic carboxylic acids is 1. The van der Waals surface area contributed by atoms with Crippen LogP contribution >= 0.6 is 11.8 Å². The van der Waals surface area contributed by atoms with Crippen LogP contribution in [0, 0.1) is 5.92 Å². The molecule has 3 aliphatic rings. The van der Waals surface area contributed by atoms with Crippen molar-refractivity contribution in [2.75, 3.05) is 6.54 Å². The number of carboxylic acids is 1. The molecule has 0 saturated carbocycles. The Bertz CT molecular complexity index is 806. The lowest BCUT2D eigenvalue weighted by molar-refractivity contribution is -0.148. The van der Waals surface area contributed by atoms with Crippen LogP contribution < -0.4 is 10.6 Å². The first-order chi connectivity index (χ1) is 13.0. The van der Waals surface area contributed by atoms with Gasteiger partial charge in [0.05, 0.1) is 24.9 Å². The monoisotopic (exact) mass is 391 g/mol. The molecule has 144 valence electrons. The Labute approximate surface area is 160 Å². The molecule has 0 aromatic carbocycles. The van der Waals surface area contributed by atoms with E-state index in [0.717, 1.165) is 4.91 Å². The number of hydrogen-bond donors (Lipinski definition) is 3. The Balaban J connectivity index is 1.37. The molecule has 9 heteroatoms. The second-order valence-corrected chi connectivity index (χ2v) is 8.42. The minimum Gasteiger partial charge on any atom is -0.477 e. The van der Waals surface area contributed by atoms with E-state index in [2.05, 4.69) is 10.6 Å². The molecule has 0 aliphatic carbocycles. The van der Waals surface area contributed by atoms with Gasteiger partial charge >= 0.3 is 5.97 Å². The largest absolute Gasteiger partial charge is 0.477 e. The summed E-state index contributed by atoms with van der Waals surface area (Å²) >= 11 is 1.49. The normalized spacial score (nSPS) is 29.7. The standard InChI is InChI=1S/C18H21N3O5S/c1-9-13-6-14(22)21(13)15(18(24)25)16(9)27-11-5-12(19-8-11)17(23)20-7-10-3-2-4-26-10/h2-4,9,11-13,19H,5-8H2,1H3,(H,20,23)(H,24,25). The molecule has 8 nitrogen and oxygen atoms in total. The average molecular weight is 391 g/mol. The van der Waals surface area contributed by atoms with E-state index >= 15 is 0 Å². The molecule has 3 aliphatic heterocycles. The summed E-state index contributed by atoms with van der Waals surface area (Å²) in [5, 5.41) is 15.7. The van der Waals surface area contributed by atoms with Crippen molar-refractivity contribution in [1.29, 1.82) is 0 Å². The van der Waals surface area contributed by atoms with Crippen LogP contribution in [0.25, 0.3) is 0 Å². The first kappa shape index (κ1) is 18.1. The van der Waals surface area contributed by atoms with Gasteiger partial charge in [-0.05, 0) is 18.6 Å². The Morgan fingerprint density at radius 2 is 2.30 bits per heavy atom. The van der Waals surface area contributed by atoms with Gasteiger partial charge in [0.15, 0.2) is 0 Å². The van der Waals surface area contributed by atoms with Gasteiger partial charge in [0.25, 0.3) is 0 Å². The number of amides is 2. The van der Waals surface area contributed by atoms with Crippen LogP contribution in [0.5, 0.6) is 0 Å². The number of furan rings is 1. The SMILES string of the molecule is CC1C(SC2CNC(C(=O)NCc3ccco3)C2)=C(C(=O)O)N2C(=O)CC12. The number of β-lactam (4-membered cyclic amide) rings is 1. The number of nitrogens with zero attached hydrogens (tertiary/aromatic N) is 1. The summed E-state index contributed by atoms with van der Waals surface area (Å²) in [6.45, 7) is 2.93. The summed E-state index contributed by atoms with van der Waals surface area (Å²) in [6.07, 6.45) is 2.57. The first-order valence-corrected chi connectivity index (χ1v) is 9.83. The van der Waals surface area contributed by atoms with E-state index in [1.165, 1.54) is 16.7 Å². The van der Waals surface area contributed by atoms with Crippen molar-refractivity contribution >= 4 is 29.5 Å². The third-order valence-electron chi connectivity index (χ3n) is 5.37. The second kappa shape index (κ2) is 7.05. The molecule has 27 heavy (non-hydrogen) atoms. The van der Waals surface area contributed by atoms with Gasteiger partial charge in [-0.15, -0.1) is 11.8 Å². The fourth-order valence-electron chi connectivity index (χ4n) is 3.90. The second-order valence-electron chi connectivity index (χ2n) is 7.08. The molecular weight excluding hydrogens is 370 g/mol. The van der Waals surface area contributed by atoms with Gasteiger partial charge in [0, 0.05) is 29.0 Å². The number of carboxylic acid groups (broad SMARTS) is 1. The summed E-state index contributed by atoms with van der Waals surface area (Å²) in [5.74, 6) is -0.568. The summed E-state index contributed by atoms with van der Waals surface area (Å²) in [6, 6.07) is 3.22. The maximum atomic E-state index is 12.3. The number of nitrogens with one attached hydrogen (secondary N) is 2. The van der Waals surface area contributed by atoms with Crippen LogP contribution in [-0.4, -0.2) is 51.7 Å². The Hall–Kier alpha value is -2.26. The van der Waals surface area contributed by atoms with Gasteiger partial charge in [-0.2, -0.15) is 0 Å². The molecule has 1 aromatic rings. The predicted molar refractivity (Wildman–Crippen MR) is 97.4 cm³/mol. The maximum absolute atomic E-state index is 12.3. The zero-order valence-electron chi connectivity index (χ0n) is 14.8. The third-order valence-corrected chi connectivity index (χ3v) is 6.88. The van der Waals surface area contributed by atoms with Crippen LogP contribution in [0.1, 0.15) is 25.5 Å². The Kier molecular flexibility index (Phi) is 4.73.